The Hall–Kier alpha value is -3.40. The Morgan fingerprint density at radius 1 is 0.786 bits per heavy atom. The number of carbonyl (C=O) groups is 2. The quantitative estimate of drug-likeness (QED) is 0.607. The minimum absolute atomic E-state index is 0.332. The molecule has 0 saturated heterocycles. The molecule has 28 heavy (non-hydrogen) atoms. The summed E-state index contributed by atoms with van der Waals surface area (Å²) in [5.41, 5.74) is 2.33. The van der Waals surface area contributed by atoms with Gasteiger partial charge in [-0.25, -0.2) is 0 Å². The Labute approximate surface area is 165 Å². The molecule has 0 bridgehead atoms. The maximum atomic E-state index is 13.1. The monoisotopic (exact) mass is 373 g/mol. The molecule has 0 aliphatic rings. The minimum Gasteiger partial charge on any atom is -0.452 e. The van der Waals surface area contributed by atoms with Gasteiger partial charge in [-0.15, -0.1) is 0 Å². The van der Waals surface area contributed by atoms with Gasteiger partial charge in [-0.1, -0.05) is 85.8 Å². The van der Waals surface area contributed by atoms with Crippen LogP contribution in [0.5, 0.6) is 0 Å². The molecule has 3 aromatic carbocycles. The summed E-state index contributed by atoms with van der Waals surface area (Å²) in [7, 11) is 0. The predicted octanol–water partition coefficient (Wildman–Crippen LogP) is 4.78. The molecule has 0 unspecified atom stereocenters. The number of carbonyl (C=O) groups excluding carboxylic acids is 2. The van der Waals surface area contributed by atoms with Crippen molar-refractivity contribution >= 4 is 17.6 Å². The van der Waals surface area contributed by atoms with Crippen molar-refractivity contribution in [2.45, 2.75) is 25.4 Å². The number of para-hydroxylation sites is 1. The lowest BCUT2D eigenvalue weighted by atomic mass is 9.91. The minimum atomic E-state index is -0.859. The fraction of sp³-hybridized carbons (Fsp3) is 0.167. The van der Waals surface area contributed by atoms with Crippen LogP contribution in [-0.2, 0) is 14.3 Å². The van der Waals surface area contributed by atoms with Crippen LogP contribution < -0.4 is 5.32 Å². The number of ether oxygens (including phenoxy) is 1. The van der Waals surface area contributed by atoms with E-state index in [4.69, 9.17) is 4.74 Å². The summed E-state index contributed by atoms with van der Waals surface area (Å²) >= 11 is 0. The van der Waals surface area contributed by atoms with Gasteiger partial charge < -0.3 is 10.1 Å². The number of benzene rings is 3. The van der Waals surface area contributed by atoms with E-state index in [9.17, 15) is 9.59 Å². The van der Waals surface area contributed by atoms with E-state index in [1.54, 1.807) is 12.1 Å². The van der Waals surface area contributed by atoms with Crippen LogP contribution in [0.15, 0.2) is 91.0 Å². The van der Waals surface area contributed by atoms with Crippen LogP contribution in [0, 0.1) is 0 Å². The SMILES string of the molecule is CC[C@@H](OC(=O)C(c1ccccc1)c1ccccc1)C(=O)Nc1ccccc1. The molecule has 0 heterocycles. The van der Waals surface area contributed by atoms with E-state index in [1.165, 1.54) is 0 Å². The molecule has 3 aromatic rings. The molecule has 1 amide bonds. The Morgan fingerprint density at radius 3 is 1.71 bits per heavy atom. The van der Waals surface area contributed by atoms with Crippen LogP contribution in [0.1, 0.15) is 30.4 Å². The Balaban J connectivity index is 1.79. The van der Waals surface area contributed by atoms with Gasteiger partial charge in [0.15, 0.2) is 6.10 Å². The first kappa shape index (κ1) is 19.4. The lowest BCUT2D eigenvalue weighted by Gasteiger charge is -2.21. The van der Waals surface area contributed by atoms with E-state index in [-0.39, 0.29) is 5.91 Å². The van der Waals surface area contributed by atoms with Crippen LogP contribution in [0.3, 0.4) is 0 Å². The van der Waals surface area contributed by atoms with Crippen molar-refractivity contribution in [2.24, 2.45) is 0 Å². The first-order valence-electron chi connectivity index (χ1n) is 9.35. The zero-order chi connectivity index (χ0) is 19.8. The lowest BCUT2D eigenvalue weighted by molar-refractivity contribution is -0.155. The second-order valence-corrected chi connectivity index (χ2v) is 6.44. The first-order chi connectivity index (χ1) is 13.7. The molecule has 142 valence electrons. The fourth-order valence-corrected chi connectivity index (χ4v) is 3.03. The standard InChI is InChI=1S/C24H23NO3/c1-2-21(23(26)25-20-16-10-5-11-17-20)28-24(27)22(18-12-6-3-7-13-18)19-14-8-4-9-15-19/h3-17,21-22H,2H2,1H3,(H,25,26)/t21-/m1/s1. The highest BCUT2D eigenvalue weighted by molar-refractivity contribution is 5.96. The second-order valence-electron chi connectivity index (χ2n) is 6.44. The molecule has 0 aliphatic heterocycles. The molecule has 1 N–H and O–H groups in total. The van der Waals surface area contributed by atoms with Gasteiger partial charge in [-0.3, -0.25) is 9.59 Å². The lowest BCUT2D eigenvalue weighted by Crippen LogP contribution is -2.34. The smallest absolute Gasteiger partial charge is 0.318 e. The van der Waals surface area contributed by atoms with Gasteiger partial charge in [0.05, 0.1) is 0 Å². The topological polar surface area (TPSA) is 55.4 Å². The summed E-state index contributed by atoms with van der Waals surface area (Å²) in [6.45, 7) is 1.82. The van der Waals surface area contributed by atoms with E-state index < -0.39 is 18.0 Å². The van der Waals surface area contributed by atoms with Gasteiger partial charge in [0.2, 0.25) is 0 Å². The summed E-state index contributed by atoms with van der Waals surface area (Å²) < 4.78 is 5.65. The van der Waals surface area contributed by atoms with Crippen molar-refractivity contribution in [1.29, 1.82) is 0 Å². The molecule has 4 nitrogen and oxygen atoms in total. The molecule has 0 aromatic heterocycles. The van der Waals surface area contributed by atoms with Gasteiger partial charge in [-0.2, -0.15) is 0 Å². The average Bonchev–Trinajstić information content (AvgIpc) is 2.74. The maximum Gasteiger partial charge on any atom is 0.318 e. The van der Waals surface area contributed by atoms with Crippen LogP contribution in [0.25, 0.3) is 0 Å². The largest absolute Gasteiger partial charge is 0.452 e. The normalized spacial score (nSPS) is 11.6. The molecule has 0 aliphatic carbocycles. The molecular formula is C24H23NO3. The van der Waals surface area contributed by atoms with Gasteiger partial charge in [0, 0.05) is 5.69 Å². The molecule has 0 spiro atoms. The maximum absolute atomic E-state index is 13.1. The van der Waals surface area contributed by atoms with Crippen molar-refractivity contribution < 1.29 is 14.3 Å². The fourth-order valence-electron chi connectivity index (χ4n) is 3.03. The third-order valence-electron chi connectivity index (χ3n) is 4.46. The van der Waals surface area contributed by atoms with Crippen LogP contribution in [0.4, 0.5) is 5.69 Å². The highest BCUT2D eigenvalue weighted by Crippen LogP contribution is 2.27. The number of amides is 1. The first-order valence-corrected chi connectivity index (χ1v) is 9.35. The van der Waals surface area contributed by atoms with Gasteiger partial charge in [0.25, 0.3) is 5.91 Å². The molecule has 3 rings (SSSR count). The summed E-state index contributed by atoms with van der Waals surface area (Å²) in [6, 6.07) is 28.1. The van der Waals surface area contributed by atoms with E-state index in [0.29, 0.717) is 12.1 Å². The molecule has 4 heteroatoms. The van der Waals surface area contributed by atoms with Gasteiger partial charge in [0.1, 0.15) is 5.92 Å². The number of rotatable bonds is 7. The average molecular weight is 373 g/mol. The Bertz CT molecular complexity index is 855. The number of esters is 1. The van der Waals surface area contributed by atoms with E-state index in [2.05, 4.69) is 5.32 Å². The van der Waals surface area contributed by atoms with Crippen LogP contribution in [0.2, 0.25) is 0 Å². The number of anilines is 1. The number of hydrogen-bond donors (Lipinski definition) is 1. The van der Waals surface area contributed by atoms with Crippen molar-refractivity contribution in [3.8, 4) is 0 Å². The summed E-state index contributed by atoms with van der Waals surface area (Å²) in [5, 5.41) is 2.80. The Kier molecular flexibility index (Phi) is 6.58. The van der Waals surface area contributed by atoms with Gasteiger partial charge >= 0.3 is 5.97 Å². The van der Waals surface area contributed by atoms with Crippen molar-refractivity contribution in [3.63, 3.8) is 0 Å². The van der Waals surface area contributed by atoms with Crippen LogP contribution >= 0.6 is 0 Å². The Morgan fingerprint density at radius 2 is 1.25 bits per heavy atom. The molecular weight excluding hydrogens is 350 g/mol. The van der Waals surface area contributed by atoms with E-state index in [1.807, 2.05) is 85.8 Å². The second kappa shape index (κ2) is 9.51. The summed E-state index contributed by atoms with van der Waals surface area (Å²) in [5.74, 6) is -1.35. The molecule has 0 fully saturated rings. The van der Waals surface area contributed by atoms with Gasteiger partial charge in [-0.05, 0) is 29.7 Å². The summed E-state index contributed by atoms with van der Waals surface area (Å²) in [6.07, 6.45) is -0.469. The number of nitrogens with one attached hydrogen (secondary N) is 1. The highest BCUT2D eigenvalue weighted by atomic mass is 16.5. The summed E-state index contributed by atoms with van der Waals surface area (Å²) in [4.78, 5) is 25.7. The van der Waals surface area contributed by atoms with Crippen molar-refractivity contribution in [2.75, 3.05) is 5.32 Å². The zero-order valence-electron chi connectivity index (χ0n) is 15.7. The highest BCUT2D eigenvalue weighted by Gasteiger charge is 2.29. The van der Waals surface area contributed by atoms with Crippen LogP contribution in [-0.4, -0.2) is 18.0 Å². The zero-order valence-corrected chi connectivity index (χ0v) is 15.7. The third-order valence-corrected chi connectivity index (χ3v) is 4.46. The molecule has 0 saturated carbocycles. The third kappa shape index (κ3) is 4.86. The molecule has 0 radical (unpaired) electrons. The van der Waals surface area contributed by atoms with Crippen molar-refractivity contribution in [1.82, 2.24) is 0 Å². The van der Waals surface area contributed by atoms with E-state index in [0.717, 1.165) is 11.1 Å². The van der Waals surface area contributed by atoms with E-state index >= 15 is 0 Å². The van der Waals surface area contributed by atoms with Crippen molar-refractivity contribution in [3.05, 3.63) is 102 Å². The predicted molar refractivity (Wildman–Crippen MR) is 110 cm³/mol. The number of hydrogen-bond acceptors (Lipinski definition) is 3. The molecule has 1 atom stereocenters.